The van der Waals surface area contributed by atoms with Crippen molar-refractivity contribution in [3.63, 3.8) is 0 Å². The molecule has 6 N–H and O–H groups in total. The molecule has 0 unspecified atom stereocenters. The topological polar surface area (TPSA) is 92.5 Å². The lowest BCUT2D eigenvalue weighted by Crippen LogP contribution is -1.91. The van der Waals surface area contributed by atoms with Crippen molar-refractivity contribution in [2.24, 2.45) is 0 Å². The van der Waals surface area contributed by atoms with Crippen molar-refractivity contribution < 1.29 is 10.2 Å². The van der Waals surface area contributed by atoms with Crippen molar-refractivity contribution in [2.45, 2.75) is 0 Å². The number of hydrogen-bond donors (Lipinski definition) is 4. The van der Waals surface area contributed by atoms with Crippen molar-refractivity contribution in [2.75, 3.05) is 11.5 Å². The number of rotatable bonds is 0. The van der Waals surface area contributed by atoms with Crippen LogP contribution in [-0.2, 0) is 0 Å². The van der Waals surface area contributed by atoms with E-state index in [1.807, 2.05) is 0 Å². The van der Waals surface area contributed by atoms with Crippen molar-refractivity contribution >= 4 is 32.9 Å². The molecule has 0 heterocycles. The van der Waals surface area contributed by atoms with Crippen LogP contribution < -0.4 is 11.5 Å². The minimum absolute atomic E-state index is 0.0635. The Balaban J connectivity index is 2.56. The Morgan fingerprint density at radius 1 is 0.556 bits per heavy atom. The van der Waals surface area contributed by atoms with Gasteiger partial charge in [-0.3, -0.25) is 0 Å². The van der Waals surface area contributed by atoms with Gasteiger partial charge >= 0.3 is 0 Å². The summed E-state index contributed by atoms with van der Waals surface area (Å²) in [5, 5.41) is 22.5. The van der Waals surface area contributed by atoms with E-state index < -0.39 is 0 Å². The van der Waals surface area contributed by atoms with E-state index in [1.54, 1.807) is 36.4 Å². The standard InChI is InChI=1S/C14H12N2O2/c15-13-9-1-2-10-8(4-6-12(18)14(10)16)7(9)3-5-11(13)17/h1-6,17-18H,15-16H2. The molecule has 18 heavy (non-hydrogen) atoms. The van der Waals surface area contributed by atoms with E-state index in [9.17, 15) is 10.2 Å². The summed E-state index contributed by atoms with van der Waals surface area (Å²) in [6, 6.07) is 10.3. The zero-order valence-corrected chi connectivity index (χ0v) is 9.51. The van der Waals surface area contributed by atoms with E-state index in [4.69, 9.17) is 11.5 Å². The highest BCUT2D eigenvalue weighted by atomic mass is 16.3. The molecule has 4 heteroatoms. The van der Waals surface area contributed by atoms with Gasteiger partial charge in [0, 0.05) is 10.8 Å². The lowest BCUT2D eigenvalue weighted by molar-refractivity contribution is 0.478. The number of phenols is 2. The number of aromatic hydroxyl groups is 2. The van der Waals surface area contributed by atoms with Gasteiger partial charge in [-0.15, -0.1) is 0 Å². The summed E-state index contributed by atoms with van der Waals surface area (Å²) in [5.74, 6) is 0.127. The van der Waals surface area contributed by atoms with Crippen molar-refractivity contribution in [1.29, 1.82) is 0 Å². The van der Waals surface area contributed by atoms with Gasteiger partial charge in [0.15, 0.2) is 0 Å². The molecular formula is C14H12N2O2. The minimum atomic E-state index is 0.0635. The zero-order chi connectivity index (χ0) is 12.9. The number of anilines is 2. The van der Waals surface area contributed by atoms with Gasteiger partial charge in [-0.2, -0.15) is 0 Å². The maximum absolute atomic E-state index is 9.60. The largest absolute Gasteiger partial charge is 0.506 e. The Hall–Kier alpha value is -2.62. The molecule has 0 saturated carbocycles. The number of hydrogen-bond acceptors (Lipinski definition) is 4. The number of nitrogens with two attached hydrogens (primary N) is 2. The molecule has 3 aromatic rings. The predicted molar refractivity (Wildman–Crippen MR) is 73.6 cm³/mol. The van der Waals surface area contributed by atoms with Crippen molar-refractivity contribution in [3.8, 4) is 11.5 Å². The Bertz CT molecular complexity index is 715. The average Bonchev–Trinajstić information content (AvgIpc) is 2.38. The smallest absolute Gasteiger partial charge is 0.139 e. The van der Waals surface area contributed by atoms with Crippen molar-refractivity contribution in [1.82, 2.24) is 0 Å². The summed E-state index contributed by atoms with van der Waals surface area (Å²) in [6.07, 6.45) is 0. The molecule has 0 radical (unpaired) electrons. The quantitative estimate of drug-likeness (QED) is 0.276. The van der Waals surface area contributed by atoms with E-state index in [1.165, 1.54) is 0 Å². The second kappa shape index (κ2) is 3.43. The van der Waals surface area contributed by atoms with Crippen LogP contribution in [0, 0.1) is 0 Å². The maximum atomic E-state index is 9.60. The fourth-order valence-electron chi connectivity index (χ4n) is 2.25. The molecule has 0 amide bonds. The molecule has 0 aromatic heterocycles. The molecule has 90 valence electrons. The van der Waals surface area contributed by atoms with Gasteiger partial charge in [-0.1, -0.05) is 12.1 Å². The number of fused-ring (bicyclic) bond motifs is 3. The molecule has 0 spiro atoms. The van der Waals surface area contributed by atoms with Gasteiger partial charge in [0.05, 0.1) is 11.4 Å². The average molecular weight is 240 g/mol. The Kier molecular flexibility index (Phi) is 2.01. The second-order valence-electron chi connectivity index (χ2n) is 4.25. The van der Waals surface area contributed by atoms with Gasteiger partial charge in [-0.25, -0.2) is 0 Å². The molecule has 0 aliphatic heterocycles. The van der Waals surface area contributed by atoms with Crippen LogP contribution in [0.15, 0.2) is 36.4 Å². The first-order valence-electron chi connectivity index (χ1n) is 5.51. The van der Waals surface area contributed by atoms with Crippen LogP contribution in [0.5, 0.6) is 11.5 Å². The van der Waals surface area contributed by atoms with Gasteiger partial charge < -0.3 is 21.7 Å². The molecule has 0 atom stereocenters. The van der Waals surface area contributed by atoms with Gasteiger partial charge in [0.1, 0.15) is 11.5 Å². The molecule has 0 bridgehead atoms. The lowest BCUT2D eigenvalue weighted by atomic mass is 9.99. The Morgan fingerprint density at radius 2 is 0.889 bits per heavy atom. The van der Waals surface area contributed by atoms with Crippen LogP contribution in [0.25, 0.3) is 21.5 Å². The summed E-state index contributed by atoms with van der Waals surface area (Å²) >= 11 is 0. The first kappa shape index (κ1) is 10.5. The number of nitrogen functional groups attached to an aromatic ring is 2. The third-order valence-corrected chi connectivity index (χ3v) is 3.24. The molecular weight excluding hydrogens is 228 g/mol. The van der Waals surface area contributed by atoms with Crippen molar-refractivity contribution in [3.05, 3.63) is 36.4 Å². The summed E-state index contributed by atoms with van der Waals surface area (Å²) in [6.45, 7) is 0. The molecule has 0 aliphatic rings. The summed E-state index contributed by atoms with van der Waals surface area (Å²) in [4.78, 5) is 0. The fraction of sp³-hybridized carbons (Fsp3) is 0. The van der Waals surface area contributed by atoms with Crippen LogP contribution in [-0.4, -0.2) is 10.2 Å². The second-order valence-corrected chi connectivity index (χ2v) is 4.25. The highest BCUT2D eigenvalue weighted by Crippen LogP contribution is 2.37. The summed E-state index contributed by atoms with van der Waals surface area (Å²) in [7, 11) is 0. The zero-order valence-electron chi connectivity index (χ0n) is 9.51. The Labute approximate surface area is 103 Å². The fourth-order valence-corrected chi connectivity index (χ4v) is 2.25. The molecule has 4 nitrogen and oxygen atoms in total. The lowest BCUT2D eigenvalue weighted by Gasteiger charge is -2.10. The van der Waals surface area contributed by atoms with Crippen LogP contribution in [0.1, 0.15) is 0 Å². The minimum Gasteiger partial charge on any atom is -0.506 e. The van der Waals surface area contributed by atoms with Crippen LogP contribution in [0.2, 0.25) is 0 Å². The van der Waals surface area contributed by atoms with E-state index in [0.29, 0.717) is 11.4 Å². The third kappa shape index (κ3) is 1.26. The number of benzene rings is 3. The van der Waals surface area contributed by atoms with Crippen LogP contribution in [0.4, 0.5) is 11.4 Å². The summed E-state index contributed by atoms with van der Waals surface area (Å²) < 4.78 is 0. The van der Waals surface area contributed by atoms with Crippen LogP contribution >= 0.6 is 0 Å². The molecule has 3 aromatic carbocycles. The monoisotopic (exact) mass is 240 g/mol. The third-order valence-electron chi connectivity index (χ3n) is 3.24. The van der Waals surface area contributed by atoms with Crippen LogP contribution in [0.3, 0.4) is 0 Å². The van der Waals surface area contributed by atoms with Gasteiger partial charge in [0.2, 0.25) is 0 Å². The van der Waals surface area contributed by atoms with Gasteiger partial charge in [0.25, 0.3) is 0 Å². The predicted octanol–water partition coefficient (Wildman–Crippen LogP) is 2.57. The molecule has 3 rings (SSSR count). The highest BCUT2D eigenvalue weighted by molar-refractivity contribution is 6.15. The molecule has 0 saturated heterocycles. The normalized spacial score (nSPS) is 11.1. The maximum Gasteiger partial charge on any atom is 0.139 e. The Morgan fingerprint density at radius 3 is 1.28 bits per heavy atom. The first-order chi connectivity index (χ1) is 8.59. The van der Waals surface area contributed by atoms with Gasteiger partial charge in [-0.05, 0) is 35.0 Å². The summed E-state index contributed by atoms with van der Waals surface area (Å²) in [5.41, 5.74) is 12.4. The highest BCUT2D eigenvalue weighted by Gasteiger charge is 2.09. The van der Waals surface area contributed by atoms with E-state index in [0.717, 1.165) is 21.5 Å². The van der Waals surface area contributed by atoms with E-state index in [2.05, 4.69) is 0 Å². The SMILES string of the molecule is Nc1c(O)ccc2c1ccc1c(N)c(O)ccc12. The van der Waals surface area contributed by atoms with E-state index >= 15 is 0 Å². The molecule has 0 fully saturated rings. The number of phenolic OH excluding ortho intramolecular Hbond substituents is 2. The first-order valence-corrected chi connectivity index (χ1v) is 5.51. The molecule has 0 aliphatic carbocycles. The van der Waals surface area contributed by atoms with E-state index in [-0.39, 0.29) is 11.5 Å².